The number of amides is 2. The van der Waals surface area contributed by atoms with Crippen LogP contribution in [-0.4, -0.2) is 66.3 Å². The van der Waals surface area contributed by atoms with Gasteiger partial charge in [-0.05, 0) is 74.8 Å². The molecule has 0 radical (unpaired) electrons. The molecule has 1 atom stereocenters. The maximum atomic E-state index is 12.8. The highest BCUT2D eigenvalue weighted by Crippen LogP contribution is 2.19. The summed E-state index contributed by atoms with van der Waals surface area (Å²) in [6.45, 7) is 0.665. The molecule has 1 aromatic heterocycles. The third-order valence-corrected chi connectivity index (χ3v) is 5.64. The lowest BCUT2D eigenvalue weighted by Gasteiger charge is -2.28. The molecule has 2 heterocycles. The number of hydrogen-bond donors (Lipinski definition) is 3. The predicted octanol–water partition coefficient (Wildman–Crippen LogP) is 4.03. The minimum atomic E-state index is -0.286. The van der Waals surface area contributed by atoms with Crippen molar-refractivity contribution in [2.45, 2.75) is 6.29 Å². The summed E-state index contributed by atoms with van der Waals surface area (Å²) in [7, 11) is 5.80. The molecule has 1 aliphatic heterocycles. The van der Waals surface area contributed by atoms with Crippen LogP contribution in [0.25, 0.3) is 0 Å². The van der Waals surface area contributed by atoms with Crippen molar-refractivity contribution in [2.75, 3.05) is 43.6 Å². The molecule has 0 saturated heterocycles. The van der Waals surface area contributed by atoms with Crippen LogP contribution >= 0.6 is 0 Å². The van der Waals surface area contributed by atoms with Gasteiger partial charge in [0, 0.05) is 66.5 Å². The highest BCUT2D eigenvalue weighted by molar-refractivity contribution is 6.09. The van der Waals surface area contributed by atoms with Crippen LogP contribution in [0.1, 0.15) is 15.9 Å². The Balaban J connectivity index is 1.35. The Morgan fingerprint density at radius 3 is 2.53 bits per heavy atom. The smallest absolute Gasteiger partial charge is 0.255 e. The van der Waals surface area contributed by atoms with Gasteiger partial charge in [0.05, 0.1) is 5.71 Å². The summed E-state index contributed by atoms with van der Waals surface area (Å²) in [5.41, 5.74) is 4.30. The number of hydrogen-bond acceptors (Lipinski definition) is 7. The summed E-state index contributed by atoms with van der Waals surface area (Å²) in [5, 5.41) is 9.08. The van der Waals surface area contributed by atoms with E-state index < -0.39 is 0 Å². The number of rotatable bonds is 9. The zero-order chi connectivity index (χ0) is 26.9. The molecule has 9 heteroatoms. The van der Waals surface area contributed by atoms with Gasteiger partial charge in [-0.15, -0.1) is 0 Å². The van der Waals surface area contributed by atoms with E-state index in [1.165, 1.54) is 6.08 Å². The molecule has 0 fully saturated rings. The first kappa shape index (κ1) is 26.3. The van der Waals surface area contributed by atoms with Crippen molar-refractivity contribution in [3.63, 3.8) is 0 Å². The monoisotopic (exact) mass is 509 g/mol. The third kappa shape index (κ3) is 7.37. The van der Waals surface area contributed by atoms with Crippen molar-refractivity contribution in [1.82, 2.24) is 14.8 Å². The van der Waals surface area contributed by atoms with Crippen molar-refractivity contribution >= 4 is 34.6 Å². The van der Waals surface area contributed by atoms with Crippen LogP contribution in [0.5, 0.6) is 0 Å². The summed E-state index contributed by atoms with van der Waals surface area (Å²) < 4.78 is 0. The van der Waals surface area contributed by atoms with E-state index in [1.807, 2.05) is 79.6 Å². The minimum Gasteiger partial charge on any atom is -0.347 e. The fourth-order valence-electron chi connectivity index (χ4n) is 3.65. The first-order valence-electron chi connectivity index (χ1n) is 12.2. The van der Waals surface area contributed by atoms with Gasteiger partial charge in [-0.25, -0.2) is 4.99 Å². The second kappa shape index (κ2) is 12.5. The molecule has 194 valence electrons. The molecule has 4 rings (SSSR count). The highest BCUT2D eigenvalue weighted by Gasteiger charge is 2.16. The van der Waals surface area contributed by atoms with Gasteiger partial charge in [0.1, 0.15) is 0 Å². The van der Waals surface area contributed by atoms with E-state index >= 15 is 0 Å². The van der Waals surface area contributed by atoms with E-state index in [9.17, 15) is 9.59 Å². The van der Waals surface area contributed by atoms with E-state index in [0.29, 0.717) is 23.5 Å². The number of carbonyl (C=O) groups excluding carboxylic acids is 2. The maximum absolute atomic E-state index is 12.8. The largest absolute Gasteiger partial charge is 0.347 e. The standard InChI is InChI=1S/C29H31N7O2/c1-35(2)17-6-10-27(37)31-25-9-4-7-21(19-25)28(38)32-23-11-13-24(14-12-23)33-29-34-26(15-18-36(29)3)22-8-5-16-30-20-22/h4-16,18-20,29,33H,17H2,1-3H3,(H,31,37)(H,32,38)/b10-6+. The molecular weight excluding hydrogens is 478 g/mol. The lowest BCUT2D eigenvalue weighted by Crippen LogP contribution is -2.36. The number of anilines is 3. The molecule has 1 aliphatic rings. The van der Waals surface area contributed by atoms with E-state index in [4.69, 9.17) is 4.99 Å². The molecule has 3 N–H and O–H groups in total. The Hall–Kier alpha value is -4.76. The predicted molar refractivity (Wildman–Crippen MR) is 152 cm³/mol. The number of aliphatic imine (C=N–C) groups is 1. The lowest BCUT2D eigenvalue weighted by molar-refractivity contribution is -0.111. The SMILES string of the molecule is CN(C)C/C=C/C(=O)Nc1cccc(C(=O)Nc2ccc(NC3N=C(c4cccnc4)C=CN3C)cc2)c1. The third-order valence-electron chi connectivity index (χ3n) is 5.64. The van der Waals surface area contributed by atoms with Crippen LogP contribution in [0.2, 0.25) is 0 Å². The lowest BCUT2D eigenvalue weighted by atomic mass is 10.1. The molecule has 1 unspecified atom stereocenters. The Morgan fingerprint density at radius 2 is 1.79 bits per heavy atom. The molecule has 0 aliphatic carbocycles. The zero-order valence-corrected chi connectivity index (χ0v) is 21.6. The summed E-state index contributed by atoms with van der Waals surface area (Å²) >= 11 is 0. The van der Waals surface area contributed by atoms with Crippen LogP contribution in [0, 0.1) is 0 Å². The number of likely N-dealkylation sites (N-methyl/N-ethyl adjacent to an activating group) is 1. The van der Waals surface area contributed by atoms with Crippen LogP contribution < -0.4 is 16.0 Å². The number of benzene rings is 2. The molecule has 3 aromatic rings. The van der Waals surface area contributed by atoms with E-state index in [-0.39, 0.29) is 18.1 Å². The topological polar surface area (TPSA) is 102 Å². The van der Waals surface area contributed by atoms with Gasteiger partial charge in [0.2, 0.25) is 5.91 Å². The normalized spacial score (nSPS) is 14.9. The van der Waals surface area contributed by atoms with Crippen molar-refractivity contribution < 1.29 is 9.59 Å². The van der Waals surface area contributed by atoms with Crippen LogP contribution in [0.3, 0.4) is 0 Å². The van der Waals surface area contributed by atoms with Crippen molar-refractivity contribution in [3.05, 3.63) is 109 Å². The van der Waals surface area contributed by atoms with Crippen molar-refractivity contribution in [2.24, 2.45) is 4.99 Å². The Morgan fingerprint density at radius 1 is 1.00 bits per heavy atom. The van der Waals surface area contributed by atoms with E-state index in [2.05, 4.69) is 20.9 Å². The number of carbonyl (C=O) groups is 2. The fourth-order valence-corrected chi connectivity index (χ4v) is 3.65. The molecule has 2 amide bonds. The molecule has 0 saturated carbocycles. The van der Waals surface area contributed by atoms with Crippen LogP contribution in [0.15, 0.2) is 102 Å². The Labute approximate surface area is 222 Å². The number of nitrogens with zero attached hydrogens (tertiary/aromatic N) is 4. The first-order chi connectivity index (χ1) is 18.4. The van der Waals surface area contributed by atoms with Gasteiger partial charge in [0.25, 0.3) is 5.91 Å². The molecule has 9 nitrogen and oxygen atoms in total. The molecule has 38 heavy (non-hydrogen) atoms. The maximum Gasteiger partial charge on any atom is 0.255 e. The molecule has 0 spiro atoms. The average molecular weight is 510 g/mol. The van der Waals surface area contributed by atoms with Gasteiger partial charge in [-0.3, -0.25) is 14.6 Å². The van der Waals surface area contributed by atoms with Gasteiger partial charge >= 0.3 is 0 Å². The van der Waals surface area contributed by atoms with Gasteiger partial charge < -0.3 is 25.8 Å². The van der Waals surface area contributed by atoms with Crippen molar-refractivity contribution in [1.29, 1.82) is 0 Å². The van der Waals surface area contributed by atoms with E-state index in [0.717, 1.165) is 17.0 Å². The second-order valence-corrected chi connectivity index (χ2v) is 9.02. The number of pyridine rings is 1. The zero-order valence-electron chi connectivity index (χ0n) is 21.6. The quantitative estimate of drug-likeness (QED) is 0.377. The number of aromatic nitrogens is 1. The molecule has 2 aromatic carbocycles. The fraction of sp³-hybridized carbons (Fsp3) is 0.172. The van der Waals surface area contributed by atoms with Gasteiger partial charge in [-0.1, -0.05) is 12.1 Å². The van der Waals surface area contributed by atoms with E-state index in [1.54, 1.807) is 42.7 Å². The average Bonchev–Trinajstić information content (AvgIpc) is 2.91. The Bertz CT molecular complexity index is 1350. The molecular formula is C29H31N7O2. The number of nitrogens with one attached hydrogen (secondary N) is 3. The van der Waals surface area contributed by atoms with Crippen LogP contribution in [-0.2, 0) is 4.79 Å². The first-order valence-corrected chi connectivity index (χ1v) is 12.2. The highest BCUT2D eigenvalue weighted by atomic mass is 16.2. The second-order valence-electron chi connectivity index (χ2n) is 9.02. The minimum absolute atomic E-state index is 0.247. The van der Waals surface area contributed by atoms with Crippen LogP contribution in [0.4, 0.5) is 17.1 Å². The summed E-state index contributed by atoms with van der Waals surface area (Å²) in [4.78, 5) is 37.8. The summed E-state index contributed by atoms with van der Waals surface area (Å²) in [6.07, 6.45) is 10.4. The van der Waals surface area contributed by atoms with Gasteiger partial charge in [0.15, 0.2) is 6.29 Å². The number of allylic oxidation sites excluding steroid dienone is 1. The van der Waals surface area contributed by atoms with Crippen molar-refractivity contribution in [3.8, 4) is 0 Å². The van der Waals surface area contributed by atoms with Gasteiger partial charge in [-0.2, -0.15) is 0 Å². The summed E-state index contributed by atoms with van der Waals surface area (Å²) in [6, 6.07) is 18.1. The summed E-state index contributed by atoms with van der Waals surface area (Å²) in [5.74, 6) is -0.517. The molecule has 0 bridgehead atoms. The Kier molecular flexibility index (Phi) is 8.63.